The van der Waals surface area contributed by atoms with Gasteiger partial charge in [-0.2, -0.15) is 0 Å². The number of carbonyl (C=O) groups is 1. The Balaban J connectivity index is 1.79. The fourth-order valence-electron chi connectivity index (χ4n) is 4.10. The Hall–Kier alpha value is -2.08. The number of rotatable bonds is 8. The van der Waals surface area contributed by atoms with E-state index in [2.05, 4.69) is 47.7 Å². The maximum Gasteiger partial charge on any atom is 0.236 e. The summed E-state index contributed by atoms with van der Waals surface area (Å²) in [5.74, 6) is 1.02. The molecule has 156 valence electrons. The van der Waals surface area contributed by atoms with Gasteiger partial charge in [-0.15, -0.1) is 16.8 Å². The fraction of sp³-hybridized carbons (Fsp3) is 0.522. The molecule has 1 unspecified atom stereocenters. The summed E-state index contributed by atoms with van der Waals surface area (Å²) in [7, 11) is 0. The minimum atomic E-state index is -0.199. The van der Waals surface area contributed by atoms with Gasteiger partial charge in [0.1, 0.15) is 0 Å². The molecule has 3 rings (SSSR count). The molecule has 0 bridgehead atoms. The fourth-order valence-corrected chi connectivity index (χ4v) is 5.02. The van der Waals surface area contributed by atoms with Crippen LogP contribution in [0.5, 0.6) is 0 Å². The number of hydrogen-bond acceptors (Lipinski definition) is 4. The van der Waals surface area contributed by atoms with Crippen LogP contribution in [-0.4, -0.2) is 43.4 Å². The number of carbonyl (C=O) groups excluding carboxylic acids is 1. The molecule has 1 saturated carbocycles. The first kappa shape index (κ1) is 21.6. The molecule has 1 aromatic carbocycles. The first-order valence-electron chi connectivity index (χ1n) is 10.6. The summed E-state index contributed by atoms with van der Waals surface area (Å²) in [5.41, 5.74) is 2.21. The maximum absolute atomic E-state index is 13.2. The summed E-state index contributed by atoms with van der Waals surface area (Å²) < 4.78 is 2.05. The van der Waals surface area contributed by atoms with E-state index in [-0.39, 0.29) is 11.2 Å². The topological polar surface area (TPSA) is 51.0 Å². The van der Waals surface area contributed by atoms with Crippen molar-refractivity contribution in [2.24, 2.45) is 0 Å². The molecule has 1 amide bonds. The molecule has 2 aromatic rings. The van der Waals surface area contributed by atoms with Crippen molar-refractivity contribution in [2.75, 3.05) is 6.54 Å². The lowest BCUT2D eigenvalue weighted by atomic mass is 9.94. The van der Waals surface area contributed by atoms with Gasteiger partial charge < -0.3 is 4.90 Å². The minimum Gasteiger partial charge on any atom is -0.339 e. The van der Waals surface area contributed by atoms with Crippen LogP contribution in [0.2, 0.25) is 0 Å². The van der Waals surface area contributed by atoms with Crippen LogP contribution in [-0.2, 0) is 11.3 Å². The Labute approximate surface area is 178 Å². The number of aryl methyl sites for hydroxylation is 1. The highest BCUT2D eigenvalue weighted by Gasteiger charge is 2.29. The van der Waals surface area contributed by atoms with Gasteiger partial charge in [-0.3, -0.25) is 9.36 Å². The molecule has 5 nitrogen and oxygen atoms in total. The summed E-state index contributed by atoms with van der Waals surface area (Å²) in [6.45, 7) is 11.4. The van der Waals surface area contributed by atoms with Gasteiger partial charge in [0.05, 0.1) is 5.25 Å². The molecular formula is C23H32N4OS. The van der Waals surface area contributed by atoms with Crippen LogP contribution in [0.15, 0.2) is 42.1 Å². The Morgan fingerprint density at radius 2 is 2.10 bits per heavy atom. The van der Waals surface area contributed by atoms with Crippen LogP contribution in [0.1, 0.15) is 51.5 Å². The van der Waals surface area contributed by atoms with Gasteiger partial charge in [-0.25, -0.2) is 0 Å². The zero-order chi connectivity index (χ0) is 20.8. The van der Waals surface area contributed by atoms with Crippen LogP contribution < -0.4 is 0 Å². The van der Waals surface area contributed by atoms with Gasteiger partial charge in [0, 0.05) is 24.7 Å². The minimum absolute atomic E-state index is 0.199. The largest absolute Gasteiger partial charge is 0.339 e. The molecule has 1 heterocycles. The molecule has 1 aliphatic carbocycles. The second kappa shape index (κ2) is 10.1. The van der Waals surface area contributed by atoms with Crippen LogP contribution in [0, 0.1) is 6.92 Å². The molecule has 0 radical (unpaired) electrons. The average Bonchev–Trinajstić information content (AvgIpc) is 3.12. The highest BCUT2D eigenvalue weighted by atomic mass is 32.2. The van der Waals surface area contributed by atoms with Crippen LogP contribution >= 0.6 is 11.8 Å². The van der Waals surface area contributed by atoms with Gasteiger partial charge >= 0.3 is 0 Å². The highest BCUT2D eigenvalue weighted by Crippen LogP contribution is 2.30. The number of nitrogens with zero attached hydrogens (tertiary/aromatic N) is 4. The van der Waals surface area contributed by atoms with E-state index >= 15 is 0 Å². The first-order valence-corrected chi connectivity index (χ1v) is 11.5. The van der Waals surface area contributed by atoms with Gasteiger partial charge in [0.2, 0.25) is 5.91 Å². The third-order valence-corrected chi connectivity index (χ3v) is 6.64. The second-order valence-electron chi connectivity index (χ2n) is 7.75. The van der Waals surface area contributed by atoms with Gasteiger partial charge in [-0.1, -0.05) is 60.9 Å². The lowest BCUT2D eigenvalue weighted by molar-refractivity contribution is -0.133. The molecule has 1 atom stereocenters. The standard InChI is InChI=1S/C23H32N4OS/c1-5-15-27-21(19-12-10-11-17(3)16-19)24-25-23(27)29-18(4)22(28)26(6-2)20-13-8-7-9-14-20/h5,10-12,16,18,20H,1,6-9,13-15H2,2-4H3. The van der Waals surface area contributed by atoms with Crippen molar-refractivity contribution in [1.82, 2.24) is 19.7 Å². The number of benzene rings is 1. The molecule has 1 fully saturated rings. The Morgan fingerprint density at radius 1 is 1.34 bits per heavy atom. The summed E-state index contributed by atoms with van der Waals surface area (Å²) in [6, 6.07) is 8.63. The summed E-state index contributed by atoms with van der Waals surface area (Å²) in [6.07, 6.45) is 7.84. The maximum atomic E-state index is 13.2. The third-order valence-electron chi connectivity index (χ3n) is 5.57. The van der Waals surface area contributed by atoms with E-state index in [4.69, 9.17) is 0 Å². The van der Waals surface area contributed by atoms with E-state index in [1.165, 1.54) is 36.6 Å². The molecule has 0 N–H and O–H groups in total. The summed E-state index contributed by atoms with van der Waals surface area (Å²) in [5, 5.41) is 9.42. The predicted molar refractivity (Wildman–Crippen MR) is 120 cm³/mol. The van der Waals surface area contributed by atoms with Crippen LogP contribution in [0.4, 0.5) is 0 Å². The number of aromatic nitrogens is 3. The highest BCUT2D eigenvalue weighted by molar-refractivity contribution is 8.00. The Morgan fingerprint density at radius 3 is 2.76 bits per heavy atom. The molecule has 0 aliphatic heterocycles. The molecule has 1 aliphatic rings. The van der Waals surface area contributed by atoms with Gasteiger partial charge in [0.25, 0.3) is 0 Å². The zero-order valence-corrected chi connectivity index (χ0v) is 18.6. The number of amides is 1. The van der Waals surface area contributed by atoms with Crippen LogP contribution in [0.3, 0.4) is 0 Å². The van der Waals surface area contributed by atoms with E-state index in [1.54, 1.807) is 0 Å². The lowest BCUT2D eigenvalue weighted by Gasteiger charge is -2.35. The number of thioether (sulfide) groups is 1. The average molecular weight is 413 g/mol. The number of hydrogen-bond donors (Lipinski definition) is 0. The molecule has 29 heavy (non-hydrogen) atoms. The van der Waals surface area contributed by atoms with Gasteiger partial charge in [-0.05, 0) is 39.7 Å². The monoisotopic (exact) mass is 412 g/mol. The number of allylic oxidation sites excluding steroid dienone is 1. The van der Waals surface area contributed by atoms with Crippen molar-refractivity contribution in [1.29, 1.82) is 0 Å². The lowest BCUT2D eigenvalue weighted by Crippen LogP contribution is -2.44. The first-order chi connectivity index (χ1) is 14.0. The van der Waals surface area contributed by atoms with Crippen LogP contribution in [0.25, 0.3) is 11.4 Å². The van der Waals surface area contributed by atoms with Crippen molar-refractivity contribution in [3.63, 3.8) is 0 Å². The normalized spacial score (nSPS) is 15.8. The smallest absolute Gasteiger partial charge is 0.236 e. The SMILES string of the molecule is C=CCn1c(SC(C)C(=O)N(CC)C2CCCCC2)nnc1-c1cccc(C)c1. The quantitative estimate of drug-likeness (QED) is 0.447. The molecule has 1 aromatic heterocycles. The molecule has 0 saturated heterocycles. The van der Waals surface area contributed by atoms with E-state index in [0.29, 0.717) is 12.6 Å². The van der Waals surface area contributed by atoms with Crippen molar-refractivity contribution in [3.8, 4) is 11.4 Å². The van der Waals surface area contributed by atoms with Crippen molar-refractivity contribution >= 4 is 17.7 Å². The molecular weight excluding hydrogens is 380 g/mol. The van der Waals surface area contributed by atoms with E-state index in [0.717, 1.165) is 35.9 Å². The van der Waals surface area contributed by atoms with Crippen molar-refractivity contribution in [3.05, 3.63) is 42.5 Å². The van der Waals surface area contributed by atoms with E-state index in [9.17, 15) is 4.79 Å². The second-order valence-corrected chi connectivity index (χ2v) is 9.06. The van der Waals surface area contributed by atoms with E-state index < -0.39 is 0 Å². The predicted octanol–water partition coefficient (Wildman–Crippen LogP) is 5.10. The summed E-state index contributed by atoms with van der Waals surface area (Å²) in [4.78, 5) is 15.3. The Kier molecular flexibility index (Phi) is 7.53. The van der Waals surface area contributed by atoms with Crippen molar-refractivity contribution in [2.45, 2.75) is 75.9 Å². The summed E-state index contributed by atoms with van der Waals surface area (Å²) >= 11 is 1.50. The van der Waals surface area contributed by atoms with E-state index in [1.807, 2.05) is 29.7 Å². The van der Waals surface area contributed by atoms with Crippen molar-refractivity contribution < 1.29 is 4.79 Å². The molecule has 6 heteroatoms. The van der Waals surface area contributed by atoms with Gasteiger partial charge in [0.15, 0.2) is 11.0 Å². The third kappa shape index (κ3) is 5.10. The Bertz CT molecular complexity index is 841. The zero-order valence-electron chi connectivity index (χ0n) is 17.8. The molecule has 0 spiro atoms.